The lowest BCUT2D eigenvalue weighted by Crippen LogP contribution is -2.20. The van der Waals surface area contributed by atoms with Gasteiger partial charge in [0.2, 0.25) is 0 Å². The fraction of sp³-hybridized carbons (Fsp3) is 0.0385. The Balaban J connectivity index is 0.00000216. The number of carbonyl (C=O) groups excluding carboxylic acids is 2. The number of nitrogens with zero attached hydrogens (tertiary/aromatic N) is 1. The van der Waals surface area contributed by atoms with Gasteiger partial charge in [-0.3, -0.25) is 9.78 Å². The highest BCUT2D eigenvalue weighted by molar-refractivity contribution is 5.99. The zero-order valence-corrected chi connectivity index (χ0v) is 17.7. The van der Waals surface area contributed by atoms with Crippen LogP contribution in [0.1, 0.15) is 4.28 Å². The minimum atomic E-state index is -0.369. The highest BCUT2D eigenvalue weighted by atomic mass is 16.5. The molecule has 0 spiro atoms. The summed E-state index contributed by atoms with van der Waals surface area (Å²) in [5.41, 5.74) is 3.91. The van der Waals surface area contributed by atoms with Crippen molar-refractivity contribution in [3.8, 4) is 16.9 Å². The van der Waals surface area contributed by atoms with E-state index in [-0.39, 0.29) is 22.8 Å². The summed E-state index contributed by atoms with van der Waals surface area (Å²) in [5.74, 6) is 0.249. The number of amides is 3. The van der Waals surface area contributed by atoms with Crippen molar-refractivity contribution in [2.45, 2.75) is 0 Å². The van der Waals surface area contributed by atoms with E-state index in [4.69, 9.17) is 4.74 Å². The Labute approximate surface area is 195 Å². The number of carbonyl (C=O) groups is 2. The second-order valence-corrected chi connectivity index (χ2v) is 7.09. The van der Waals surface area contributed by atoms with Crippen LogP contribution in [0.4, 0.5) is 21.9 Å². The van der Waals surface area contributed by atoms with Gasteiger partial charge in [-0.2, -0.15) is 0 Å². The summed E-state index contributed by atoms with van der Waals surface area (Å²) in [5, 5.41) is 8.35. The van der Waals surface area contributed by atoms with Crippen molar-refractivity contribution >= 4 is 29.0 Å². The molecular formula is C26H28N4O3. The van der Waals surface area contributed by atoms with Gasteiger partial charge in [0.1, 0.15) is 5.75 Å². The molecule has 4 aromatic rings. The monoisotopic (exact) mass is 444 g/mol. The molecule has 0 bridgehead atoms. The fourth-order valence-electron chi connectivity index (χ4n) is 3.16. The van der Waals surface area contributed by atoms with E-state index < -0.39 is 0 Å². The van der Waals surface area contributed by atoms with E-state index in [0.29, 0.717) is 17.1 Å². The van der Waals surface area contributed by atoms with Gasteiger partial charge in [0.15, 0.2) is 6.61 Å². The third-order valence-electron chi connectivity index (χ3n) is 4.71. The molecule has 0 aliphatic heterocycles. The first-order chi connectivity index (χ1) is 16.2. The summed E-state index contributed by atoms with van der Waals surface area (Å²) < 4.78 is 5.59. The molecule has 0 saturated heterocycles. The topological polar surface area (TPSA) is 92.3 Å². The van der Waals surface area contributed by atoms with Gasteiger partial charge in [0.05, 0.1) is 0 Å². The molecule has 1 aromatic heterocycles. The second kappa shape index (κ2) is 10.6. The molecule has 0 aliphatic rings. The second-order valence-electron chi connectivity index (χ2n) is 7.09. The summed E-state index contributed by atoms with van der Waals surface area (Å²) in [7, 11) is 0. The smallest absolute Gasteiger partial charge is 0.323 e. The maximum absolute atomic E-state index is 12.4. The molecule has 3 aromatic carbocycles. The normalized spacial score (nSPS) is 10.2. The summed E-state index contributed by atoms with van der Waals surface area (Å²) >= 11 is 0. The van der Waals surface area contributed by atoms with Crippen LogP contribution in [-0.4, -0.2) is 23.5 Å². The van der Waals surface area contributed by atoms with E-state index in [2.05, 4.69) is 20.9 Å². The predicted molar refractivity (Wildman–Crippen MR) is 136 cm³/mol. The number of ether oxygens (including phenoxy) is 1. The number of hydrogen-bond donors (Lipinski definition) is 3. The Kier molecular flexibility index (Phi) is 6.92. The highest BCUT2D eigenvalue weighted by Crippen LogP contribution is 2.27. The molecule has 0 aliphatic carbocycles. The van der Waals surface area contributed by atoms with Crippen LogP contribution in [0.25, 0.3) is 11.1 Å². The van der Waals surface area contributed by atoms with Crippen molar-refractivity contribution < 1.29 is 18.6 Å². The van der Waals surface area contributed by atoms with Gasteiger partial charge in [-0.1, -0.05) is 48.5 Å². The predicted octanol–water partition coefficient (Wildman–Crippen LogP) is 6.15. The van der Waals surface area contributed by atoms with Gasteiger partial charge in [0.25, 0.3) is 5.91 Å². The first kappa shape index (κ1) is 21.6. The third-order valence-corrected chi connectivity index (χ3v) is 4.71. The van der Waals surface area contributed by atoms with E-state index in [0.717, 1.165) is 16.8 Å². The Morgan fingerprint density at radius 2 is 1.36 bits per heavy atom. The summed E-state index contributed by atoms with van der Waals surface area (Å²) in [6, 6.07) is 27.3. The number of benzene rings is 3. The van der Waals surface area contributed by atoms with Crippen molar-refractivity contribution in [3.63, 3.8) is 0 Å². The molecule has 0 unspecified atom stereocenters. The van der Waals surface area contributed by atoms with Crippen molar-refractivity contribution in [2.24, 2.45) is 0 Å². The molecule has 33 heavy (non-hydrogen) atoms. The van der Waals surface area contributed by atoms with E-state index >= 15 is 0 Å². The standard InChI is InChI=1S/C26H22N4O3.3H2/c31-25(30-24-9-5-4-8-23(24)19-6-2-1-3-7-19)18-33-22-12-10-20(11-13-22)28-26(32)29-21-14-16-27-17-15-21;;;/h1-17H,18H2,(H,30,31)(H2,27,28,29,32);3*1H. The summed E-state index contributed by atoms with van der Waals surface area (Å²) in [4.78, 5) is 28.4. The minimum Gasteiger partial charge on any atom is -0.484 e. The lowest BCUT2D eigenvalue weighted by Gasteiger charge is -2.12. The number of pyridine rings is 1. The van der Waals surface area contributed by atoms with Gasteiger partial charge < -0.3 is 20.7 Å². The summed E-state index contributed by atoms with van der Waals surface area (Å²) in [6.07, 6.45) is 3.19. The molecule has 0 atom stereocenters. The van der Waals surface area contributed by atoms with Crippen LogP contribution in [0.5, 0.6) is 5.75 Å². The number of aromatic nitrogens is 1. The largest absolute Gasteiger partial charge is 0.484 e. The van der Waals surface area contributed by atoms with Gasteiger partial charge in [-0.05, 0) is 48.0 Å². The zero-order valence-electron chi connectivity index (χ0n) is 17.7. The highest BCUT2D eigenvalue weighted by Gasteiger charge is 2.09. The minimum absolute atomic E-state index is 0. The zero-order chi connectivity index (χ0) is 22.9. The number of nitrogens with one attached hydrogen (secondary N) is 3. The van der Waals surface area contributed by atoms with Crippen molar-refractivity contribution in [3.05, 3.63) is 103 Å². The lowest BCUT2D eigenvalue weighted by atomic mass is 10.0. The number of rotatable bonds is 7. The Hall–Kier alpha value is -4.65. The molecule has 3 amide bonds. The maximum Gasteiger partial charge on any atom is 0.323 e. The van der Waals surface area contributed by atoms with Gasteiger partial charge >= 0.3 is 6.03 Å². The van der Waals surface area contributed by atoms with Crippen molar-refractivity contribution in [2.75, 3.05) is 22.6 Å². The quantitative estimate of drug-likeness (QED) is 0.319. The van der Waals surface area contributed by atoms with Crippen molar-refractivity contribution in [1.29, 1.82) is 0 Å². The third kappa shape index (κ3) is 6.18. The Bertz CT molecular complexity index is 1230. The molecule has 4 rings (SSSR count). The van der Waals surface area contributed by atoms with E-state index in [1.165, 1.54) is 0 Å². The molecule has 7 nitrogen and oxygen atoms in total. The van der Waals surface area contributed by atoms with Crippen LogP contribution in [0.2, 0.25) is 0 Å². The molecule has 0 saturated carbocycles. The van der Waals surface area contributed by atoms with Crippen LogP contribution >= 0.6 is 0 Å². The number of para-hydroxylation sites is 1. The van der Waals surface area contributed by atoms with Gasteiger partial charge in [-0.15, -0.1) is 0 Å². The van der Waals surface area contributed by atoms with Gasteiger partial charge in [-0.25, -0.2) is 4.79 Å². The molecule has 170 valence electrons. The van der Waals surface area contributed by atoms with Crippen LogP contribution < -0.4 is 20.7 Å². The first-order valence-corrected chi connectivity index (χ1v) is 10.3. The van der Waals surface area contributed by atoms with Gasteiger partial charge in [0, 0.05) is 39.3 Å². The van der Waals surface area contributed by atoms with Crippen LogP contribution in [0.3, 0.4) is 0 Å². The molecular weight excluding hydrogens is 416 g/mol. The van der Waals surface area contributed by atoms with E-state index in [9.17, 15) is 9.59 Å². The van der Waals surface area contributed by atoms with Crippen LogP contribution in [0, 0.1) is 0 Å². The SMILES string of the molecule is O=C(COc1ccc(NC(=O)Nc2ccncc2)cc1)Nc1ccccc1-c1ccccc1.[HH].[HH].[HH]. The Morgan fingerprint density at radius 3 is 2.09 bits per heavy atom. The summed E-state index contributed by atoms with van der Waals surface area (Å²) in [6.45, 7) is -0.140. The Morgan fingerprint density at radius 1 is 0.727 bits per heavy atom. The van der Waals surface area contributed by atoms with E-state index in [1.807, 2.05) is 54.6 Å². The molecule has 7 heteroatoms. The molecule has 1 heterocycles. The van der Waals surface area contributed by atoms with Crippen molar-refractivity contribution in [1.82, 2.24) is 4.98 Å². The lowest BCUT2D eigenvalue weighted by molar-refractivity contribution is -0.118. The number of hydrogen-bond acceptors (Lipinski definition) is 4. The molecule has 0 radical (unpaired) electrons. The number of urea groups is 1. The van der Waals surface area contributed by atoms with Crippen LogP contribution in [-0.2, 0) is 4.79 Å². The average Bonchev–Trinajstić information content (AvgIpc) is 2.85. The number of anilines is 3. The maximum atomic E-state index is 12.4. The first-order valence-electron chi connectivity index (χ1n) is 10.3. The van der Waals surface area contributed by atoms with Crippen LogP contribution in [0.15, 0.2) is 103 Å². The van der Waals surface area contributed by atoms with E-state index in [1.54, 1.807) is 48.8 Å². The molecule has 0 fully saturated rings. The molecule has 3 N–H and O–H groups in total. The fourth-order valence-corrected chi connectivity index (χ4v) is 3.16. The average molecular weight is 445 g/mol.